The molecule has 0 bridgehead atoms. The Kier molecular flexibility index (Phi) is 3.63. The Morgan fingerprint density at radius 1 is 1.21 bits per heavy atom. The molecule has 0 N–H and O–H groups in total. The molecule has 0 aliphatic rings. The molecule has 0 unspecified atom stereocenters. The molecule has 0 amide bonds. The maximum absolute atomic E-state index is 11.4. The molecule has 74 valence electrons. The molecule has 0 saturated heterocycles. The molecule has 1 aromatic rings. The molecule has 0 atom stereocenters. The van der Waals surface area contributed by atoms with Crippen molar-refractivity contribution in [1.82, 2.24) is 0 Å². The van der Waals surface area contributed by atoms with Gasteiger partial charge in [-0.1, -0.05) is 35.4 Å². The molecule has 0 spiro atoms. The maximum Gasteiger partial charge on any atom is 0.159 e. The Hall–Kier alpha value is -1.37. The number of carbonyl (C=O) groups is 1. The summed E-state index contributed by atoms with van der Waals surface area (Å²) in [5.41, 5.74) is 3.36. The molecule has 14 heavy (non-hydrogen) atoms. The largest absolute Gasteiger partial charge is 0.294 e. The van der Waals surface area contributed by atoms with E-state index in [0.717, 1.165) is 11.1 Å². The Labute approximate surface area is 85.5 Å². The molecule has 0 aromatic heterocycles. The van der Waals surface area contributed by atoms with Gasteiger partial charge in [0.1, 0.15) is 0 Å². The maximum atomic E-state index is 11.4. The van der Waals surface area contributed by atoms with Gasteiger partial charge in [0, 0.05) is 6.42 Å². The zero-order valence-corrected chi connectivity index (χ0v) is 9.00. The third kappa shape index (κ3) is 3.56. The van der Waals surface area contributed by atoms with Gasteiger partial charge < -0.3 is 0 Å². The van der Waals surface area contributed by atoms with E-state index in [-0.39, 0.29) is 5.78 Å². The van der Waals surface area contributed by atoms with E-state index >= 15 is 0 Å². The first-order valence-electron chi connectivity index (χ1n) is 4.81. The van der Waals surface area contributed by atoms with Gasteiger partial charge in [-0.3, -0.25) is 4.79 Å². The third-order valence-electron chi connectivity index (χ3n) is 1.95. The number of benzene rings is 1. The summed E-state index contributed by atoms with van der Waals surface area (Å²) in [6.07, 6.45) is 2.20. The van der Waals surface area contributed by atoms with Crippen molar-refractivity contribution >= 4 is 5.78 Å². The highest BCUT2D eigenvalue weighted by Crippen LogP contribution is 2.05. The second-order valence-electron chi connectivity index (χ2n) is 3.85. The van der Waals surface area contributed by atoms with Crippen molar-refractivity contribution in [3.63, 3.8) is 0 Å². The van der Waals surface area contributed by atoms with E-state index in [1.807, 2.05) is 45.0 Å². The first-order chi connectivity index (χ1) is 6.58. The van der Waals surface area contributed by atoms with Crippen molar-refractivity contribution in [2.45, 2.75) is 27.2 Å². The summed E-state index contributed by atoms with van der Waals surface area (Å²) in [7, 11) is 0. The van der Waals surface area contributed by atoms with E-state index in [1.165, 1.54) is 5.56 Å². The van der Waals surface area contributed by atoms with E-state index in [1.54, 1.807) is 6.08 Å². The number of ketones is 1. The van der Waals surface area contributed by atoms with Gasteiger partial charge in [-0.15, -0.1) is 0 Å². The lowest BCUT2D eigenvalue weighted by molar-refractivity contribution is -0.114. The highest BCUT2D eigenvalue weighted by Gasteiger charge is 1.99. The quantitative estimate of drug-likeness (QED) is 0.666. The molecule has 0 fully saturated rings. The van der Waals surface area contributed by atoms with Gasteiger partial charge in [-0.05, 0) is 32.4 Å². The number of carbonyl (C=O) groups excluding carboxylic acids is 1. The Morgan fingerprint density at radius 2 is 1.79 bits per heavy atom. The molecule has 1 rings (SSSR count). The van der Waals surface area contributed by atoms with E-state index < -0.39 is 0 Å². The van der Waals surface area contributed by atoms with Crippen molar-refractivity contribution in [2.75, 3.05) is 0 Å². The molecule has 1 aromatic carbocycles. The minimum absolute atomic E-state index is 0.175. The lowest BCUT2D eigenvalue weighted by atomic mass is 10.1. The van der Waals surface area contributed by atoms with E-state index in [4.69, 9.17) is 0 Å². The number of hydrogen-bond donors (Lipinski definition) is 0. The van der Waals surface area contributed by atoms with Crippen LogP contribution in [0.4, 0.5) is 0 Å². The summed E-state index contributed by atoms with van der Waals surface area (Å²) in [5, 5.41) is 0. The lowest BCUT2D eigenvalue weighted by Crippen LogP contribution is -1.98. The van der Waals surface area contributed by atoms with Crippen LogP contribution in [0.5, 0.6) is 0 Å². The fourth-order valence-corrected chi connectivity index (χ4v) is 1.28. The Balaban J connectivity index is 2.66. The second-order valence-corrected chi connectivity index (χ2v) is 3.85. The number of hydrogen-bond acceptors (Lipinski definition) is 1. The highest BCUT2D eigenvalue weighted by molar-refractivity contribution is 5.91. The third-order valence-corrected chi connectivity index (χ3v) is 1.95. The number of allylic oxidation sites excluding steroid dienone is 2. The zero-order valence-electron chi connectivity index (χ0n) is 9.00. The smallest absolute Gasteiger partial charge is 0.159 e. The molecule has 1 heteroatoms. The van der Waals surface area contributed by atoms with E-state index in [9.17, 15) is 4.79 Å². The average Bonchev–Trinajstić information content (AvgIpc) is 2.07. The number of rotatable bonds is 3. The van der Waals surface area contributed by atoms with Gasteiger partial charge in [-0.25, -0.2) is 0 Å². The predicted octanol–water partition coefficient (Wildman–Crippen LogP) is 3.07. The summed E-state index contributed by atoms with van der Waals surface area (Å²) in [4.78, 5) is 11.4. The molecule has 0 saturated carbocycles. The molecule has 1 nitrogen and oxygen atoms in total. The van der Waals surface area contributed by atoms with Crippen molar-refractivity contribution in [3.05, 3.63) is 47.0 Å². The monoisotopic (exact) mass is 188 g/mol. The summed E-state index contributed by atoms with van der Waals surface area (Å²) in [5.74, 6) is 0.175. The second kappa shape index (κ2) is 4.75. The standard InChI is InChI=1S/C13H16O/c1-10(2)8-13(14)9-12-6-4-11(3)5-7-12/h4-8H,9H2,1-3H3. The van der Waals surface area contributed by atoms with Crippen LogP contribution in [0.3, 0.4) is 0 Å². The number of aryl methyl sites for hydroxylation is 1. The highest BCUT2D eigenvalue weighted by atomic mass is 16.1. The SMILES string of the molecule is CC(C)=CC(=O)Cc1ccc(C)cc1. The summed E-state index contributed by atoms with van der Waals surface area (Å²) < 4.78 is 0. The molecule has 0 aliphatic heterocycles. The van der Waals surface area contributed by atoms with Gasteiger partial charge >= 0.3 is 0 Å². The average molecular weight is 188 g/mol. The van der Waals surface area contributed by atoms with Gasteiger partial charge in [0.05, 0.1) is 0 Å². The van der Waals surface area contributed by atoms with Crippen LogP contribution in [0.15, 0.2) is 35.9 Å². The fraction of sp³-hybridized carbons (Fsp3) is 0.308. The van der Waals surface area contributed by atoms with Crippen molar-refractivity contribution in [1.29, 1.82) is 0 Å². The van der Waals surface area contributed by atoms with Crippen LogP contribution >= 0.6 is 0 Å². The van der Waals surface area contributed by atoms with Crippen LogP contribution < -0.4 is 0 Å². The molecular weight excluding hydrogens is 172 g/mol. The molecule has 0 heterocycles. The fourth-order valence-electron chi connectivity index (χ4n) is 1.28. The van der Waals surface area contributed by atoms with Crippen LogP contribution in [0, 0.1) is 6.92 Å². The summed E-state index contributed by atoms with van der Waals surface area (Å²) >= 11 is 0. The van der Waals surface area contributed by atoms with Gasteiger partial charge in [0.25, 0.3) is 0 Å². The first kappa shape index (κ1) is 10.7. The first-order valence-corrected chi connectivity index (χ1v) is 4.81. The van der Waals surface area contributed by atoms with Crippen LogP contribution in [0.25, 0.3) is 0 Å². The van der Waals surface area contributed by atoms with Gasteiger partial charge in [0.2, 0.25) is 0 Å². The van der Waals surface area contributed by atoms with E-state index in [2.05, 4.69) is 0 Å². The van der Waals surface area contributed by atoms with Crippen LogP contribution in [-0.2, 0) is 11.2 Å². The lowest BCUT2D eigenvalue weighted by Gasteiger charge is -1.98. The predicted molar refractivity (Wildman–Crippen MR) is 59.3 cm³/mol. The summed E-state index contributed by atoms with van der Waals surface area (Å²) in [6.45, 7) is 5.92. The topological polar surface area (TPSA) is 17.1 Å². The van der Waals surface area contributed by atoms with Crippen LogP contribution in [-0.4, -0.2) is 5.78 Å². The minimum Gasteiger partial charge on any atom is -0.294 e. The molecular formula is C13H16O. The van der Waals surface area contributed by atoms with Gasteiger partial charge in [-0.2, -0.15) is 0 Å². The normalized spacial score (nSPS) is 9.64. The Bertz CT molecular complexity index is 340. The minimum atomic E-state index is 0.175. The zero-order chi connectivity index (χ0) is 10.6. The van der Waals surface area contributed by atoms with Crippen molar-refractivity contribution in [2.24, 2.45) is 0 Å². The van der Waals surface area contributed by atoms with Crippen LogP contribution in [0.2, 0.25) is 0 Å². The Morgan fingerprint density at radius 3 is 2.29 bits per heavy atom. The van der Waals surface area contributed by atoms with E-state index in [0.29, 0.717) is 6.42 Å². The molecule has 0 radical (unpaired) electrons. The van der Waals surface area contributed by atoms with Gasteiger partial charge in [0.15, 0.2) is 5.78 Å². The molecule has 0 aliphatic carbocycles. The van der Waals surface area contributed by atoms with Crippen molar-refractivity contribution in [3.8, 4) is 0 Å². The van der Waals surface area contributed by atoms with Crippen molar-refractivity contribution < 1.29 is 4.79 Å². The summed E-state index contributed by atoms with van der Waals surface area (Å²) in [6, 6.07) is 8.08. The van der Waals surface area contributed by atoms with Crippen LogP contribution in [0.1, 0.15) is 25.0 Å².